The van der Waals surface area contributed by atoms with Crippen LogP contribution in [0.15, 0.2) is 60.8 Å². The average molecular weight is 244 g/mol. The molecule has 4 aromatic rings. The van der Waals surface area contributed by atoms with Crippen molar-refractivity contribution in [1.82, 2.24) is 15.0 Å². The Bertz CT molecular complexity index is 864. The van der Waals surface area contributed by atoms with Crippen LogP contribution in [0, 0.1) is 6.20 Å². The molecule has 3 heteroatoms. The fourth-order valence-corrected chi connectivity index (χ4v) is 2.45. The van der Waals surface area contributed by atoms with Crippen molar-refractivity contribution < 1.29 is 0 Å². The molecule has 0 N–H and O–H groups in total. The van der Waals surface area contributed by atoms with Gasteiger partial charge in [-0.25, -0.2) is 4.68 Å². The second kappa shape index (κ2) is 3.92. The summed E-state index contributed by atoms with van der Waals surface area (Å²) in [5.74, 6) is 0. The molecule has 0 unspecified atom stereocenters. The van der Waals surface area contributed by atoms with Crippen molar-refractivity contribution >= 4 is 21.5 Å². The highest BCUT2D eigenvalue weighted by molar-refractivity contribution is 6.01. The van der Waals surface area contributed by atoms with Crippen LogP contribution in [-0.2, 0) is 0 Å². The van der Waals surface area contributed by atoms with Gasteiger partial charge in [-0.3, -0.25) is 0 Å². The van der Waals surface area contributed by atoms with Gasteiger partial charge in [0, 0.05) is 5.39 Å². The van der Waals surface area contributed by atoms with E-state index in [0.717, 1.165) is 5.69 Å². The summed E-state index contributed by atoms with van der Waals surface area (Å²) in [5, 5.41) is 12.6. The van der Waals surface area contributed by atoms with Crippen LogP contribution in [0.4, 0.5) is 0 Å². The Morgan fingerprint density at radius 1 is 0.842 bits per heavy atom. The minimum absolute atomic E-state index is 1.03. The molecule has 1 aromatic heterocycles. The van der Waals surface area contributed by atoms with Gasteiger partial charge >= 0.3 is 0 Å². The molecule has 1 radical (unpaired) electrons. The molecule has 3 nitrogen and oxygen atoms in total. The highest BCUT2D eigenvalue weighted by atomic mass is 15.4. The molecule has 1 heterocycles. The lowest BCUT2D eigenvalue weighted by Crippen LogP contribution is -1.96. The zero-order chi connectivity index (χ0) is 12.7. The van der Waals surface area contributed by atoms with Gasteiger partial charge in [0.05, 0.1) is 11.9 Å². The fraction of sp³-hybridized carbons (Fsp3) is 0. The van der Waals surface area contributed by atoms with Crippen LogP contribution >= 0.6 is 0 Å². The zero-order valence-corrected chi connectivity index (χ0v) is 10.1. The highest BCUT2D eigenvalue weighted by Crippen LogP contribution is 2.27. The van der Waals surface area contributed by atoms with Crippen LogP contribution in [-0.4, -0.2) is 15.0 Å². The highest BCUT2D eigenvalue weighted by Gasteiger charge is 2.05. The average Bonchev–Trinajstić information content (AvgIpc) is 2.98. The Balaban J connectivity index is 2.12. The number of benzene rings is 3. The first kappa shape index (κ1) is 10.3. The molecule has 0 amide bonds. The van der Waals surface area contributed by atoms with E-state index in [1.54, 1.807) is 10.9 Å². The standard InChI is InChI=1S/C16H10N3/c1-2-5-13-11-15-14(10-12(13)4-1)6-3-7-16(15)19-9-8-17-18-19/h1-7,9-11H. The largest absolute Gasteiger partial charge is 0.219 e. The number of hydrogen-bond donors (Lipinski definition) is 0. The van der Waals surface area contributed by atoms with E-state index >= 15 is 0 Å². The summed E-state index contributed by atoms with van der Waals surface area (Å²) in [7, 11) is 0. The van der Waals surface area contributed by atoms with Crippen LogP contribution in [0.3, 0.4) is 0 Å². The van der Waals surface area contributed by atoms with E-state index in [1.807, 2.05) is 12.1 Å². The quantitative estimate of drug-likeness (QED) is 0.481. The number of nitrogens with zero attached hydrogens (tertiary/aromatic N) is 3. The van der Waals surface area contributed by atoms with Crippen molar-refractivity contribution in [2.45, 2.75) is 0 Å². The molecule has 19 heavy (non-hydrogen) atoms. The van der Waals surface area contributed by atoms with Crippen LogP contribution in [0.1, 0.15) is 0 Å². The molecule has 4 rings (SSSR count). The summed E-state index contributed by atoms with van der Waals surface area (Å²) in [5.41, 5.74) is 1.03. The molecule has 0 bridgehead atoms. The molecule has 0 saturated heterocycles. The second-order valence-electron chi connectivity index (χ2n) is 4.49. The van der Waals surface area contributed by atoms with Crippen molar-refractivity contribution in [2.75, 3.05) is 0 Å². The normalized spacial score (nSPS) is 11.2. The minimum Gasteiger partial charge on any atom is -0.219 e. The third kappa shape index (κ3) is 1.59. The Hall–Kier alpha value is -2.68. The summed E-state index contributed by atoms with van der Waals surface area (Å²) in [4.78, 5) is 0. The number of rotatable bonds is 1. The number of hydrogen-bond acceptors (Lipinski definition) is 2. The second-order valence-corrected chi connectivity index (χ2v) is 4.49. The van der Waals surface area contributed by atoms with Crippen molar-refractivity contribution in [3.63, 3.8) is 0 Å². The van der Waals surface area contributed by atoms with E-state index < -0.39 is 0 Å². The minimum atomic E-state index is 1.03. The third-order valence-corrected chi connectivity index (χ3v) is 3.35. The number of fused-ring (bicyclic) bond motifs is 2. The van der Waals surface area contributed by atoms with E-state index in [0.29, 0.717) is 0 Å². The predicted octanol–water partition coefficient (Wildman–Crippen LogP) is 3.37. The van der Waals surface area contributed by atoms with Gasteiger partial charge in [0.1, 0.15) is 6.20 Å². The maximum absolute atomic E-state index is 4.03. The maximum Gasteiger partial charge on any atom is 0.135 e. The van der Waals surface area contributed by atoms with Gasteiger partial charge in [-0.1, -0.05) is 41.6 Å². The summed E-state index contributed by atoms with van der Waals surface area (Å²) < 4.78 is 1.75. The van der Waals surface area contributed by atoms with E-state index in [2.05, 4.69) is 59.0 Å². The molecule has 89 valence electrons. The first-order valence-electron chi connectivity index (χ1n) is 6.12. The Kier molecular flexibility index (Phi) is 2.12. The molecule has 0 aliphatic rings. The van der Waals surface area contributed by atoms with Crippen LogP contribution in [0.25, 0.3) is 27.2 Å². The fourth-order valence-electron chi connectivity index (χ4n) is 2.45. The van der Waals surface area contributed by atoms with E-state index in [1.165, 1.54) is 21.5 Å². The van der Waals surface area contributed by atoms with Crippen molar-refractivity contribution in [2.24, 2.45) is 0 Å². The molecular weight excluding hydrogens is 234 g/mol. The Morgan fingerprint density at radius 3 is 2.42 bits per heavy atom. The monoisotopic (exact) mass is 244 g/mol. The summed E-state index contributed by atoms with van der Waals surface area (Å²) in [6.45, 7) is 0. The van der Waals surface area contributed by atoms with Gasteiger partial charge < -0.3 is 0 Å². The molecule has 0 atom stereocenters. The SMILES string of the molecule is [c]1cn(-c2cccc3cc4ccccc4cc23)nn1. The predicted molar refractivity (Wildman–Crippen MR) is 75.2 cm³/mol. The van der Waals surface area contributed by atoms with Gasteiger partial charge in [-0.05, 0) is 34.4 Å². The summed E-state index contributed by atoms with van der Waals surface area (Å²) in [6.07, 6.45) is 4.47. The van der Waals surface area contributed by atoms with Crippen LogP contribution < -0.4 is 0 Å². The van der Waals surface area contributed by atoms with Gasteiger partial charge in [0.15, 0.2) is 0 Å². The van der Waals surface area contributed by atoms with Crippen molar-refractivity contribution in [3.8, 4) is 5.69 Å². The summed E-state index contributed by atoms with van der Waals surface area (Å²) >= 11 is 0. The maximum atomic E-state index is 4.03. The van der Waals surface area contributed by atoms with Gasteiger partial charge in [-0.15, -0.1) is 5.10 Å². The van der Waals surface area contributed by atoms with Crippen LogP contribution in [0.5, 0.6) is 0 Å². The molecule has 0 aliphatic carbocycles. The Morgan fingerprint density at radius 2 is 1.63 bits per heavy atom. The van der Waals surface area contributed by atoms with E-state index in [4.69, 9.17) is 0 Å². The van der Waals surface area contributed by atoms with E-state index in [-0.39, 0.29) is 0 Å². The van der Waals surface area contributed by atoms with Crippen molar-refractivity contribution in [3.05, 3.63) is 67.0 Å². The lowest BCUT2D eigenvalue weighted by molar-refractivity contribution is 0.807. The van der Waals surface area contributed by atoms with Crippen LogP contribution in [0.2, 0.25) is 0 Å². The van der Waals surface area contributed by atoms with Gasteiger partial charge in [-0.2, -0.15) is 0 Å². The molecule has 3 aromatic carbocycles. The third-order valence-electron chi connectivity index (χ3n) is 3.35. The topological polar surface area (TPSA) is 30.7 Å². The lowest BCUT2D eigenvalue weighted by atomic mass is 10.0. The first-order valence-corrected chi connectivity index (χ1v) is 6.12. The molecule has 0 spiro atoms. The van der Waals surface area contributed by atoms with Crippen molar-refractivity contribution in [1.29, 1.82) is 0 Å². The molecular formula is C16H10N3. The number of aromatic nitrogens is 3. The molecule has 0 fully saturated rings. The zero-order valence-electron chi connectivity index (χ0n) is 10.1. The summed E-state index contributed by atoms with van der Waals surface area (Å²) in [6, 6.07) is 19.0. The van der Waals surface area contributed by atoms with Gasteiger partial charge in [0.2, 0.25) is 0 Å². The van der Waals surface area contributed by atoms with Gasteiger partial charge in [0.25, 0.3) is 0 Å². The molecule has 0 aliphatic heterocycles. The van der Waals surface area contributed by atoms with E-state index in [9.17, 15) is 0 Å². The smallest absolute Gasteiger partial charge is 0.135 e. The molecule has 0 saturated carbocycles. The lowest BCUT2D eigenvalue weighted by Gasteiger charge is -2.07. The Labute approximate surface area is 110 Å². The first-order chi connectivity index (χ1) is 9.42.